The van der Waals surface area contributed by atoms with Crippen molar-refractivity contribution in [2.75, 3.05) is 47.5 Å². The van der Waals surface area contributed by atoms with Crippen LogP contribution < -0.4 is 0 Å². The quantitative estimate of drug-likeness (QED) is 0.192. The number of nitrogens with zero attached hydrogens (tertiary/aromatic N) is 1. The summed E-state index contributed by atoms with van der Waals surface area (Å²) in [4.78, 5) is 11.0. The molecular formula is C13H27NO5P+. The van der Waals surface area contributed by atoms with Gasteiger partial charge < -0.3 is 18.3 Å². The smallest absolute Gasteiger partial charge is 0.330 e. The van der Waals surface area contributed by atoms with Gasteiger partial charge in [-0.1, -0.05) is 6.08 Å². The molecule has 0 saturated heterocycles. The number of ether oxygens (including phenoxy) is 1. The maximum absolute atomic E-state index is 11.4. The fraction of sp³-hybridized carbons (Fsp3) is 0.769. The predicted molar refractivity (Wildman–Crippen MR) is 78.8 cm³/mol. The maximum Gasteiger partial charge on any atom is 0.330 e. The molecule has 0 aromatic rings. The third-order valence-electron chi connectivity index (χ3n) is 2.29. The highest BCUT2D eigenvalue weighted by Gasteiger charge is 2.08. The molecule has 0 amide bonds. The molecule has 6 nitrogen and oxygen atoms in total. The first kappa shape index (κ1) is 19.3. The number of carbonyl (C=O) groups excluding carboxylic acids is 1. The van der Waals surface area contributed by atoms with E-state index in [1.165, 1.54) is 6.08 Å². The number of likely N-dealkylation sites (N-methyl/N-ethyl adjacent to an activating group) is 1. The van der Waals surface area contributed by atoms with Gasteiger partial charge in [-0.25, -0.2) is 4.79 Å². The highest BCUT2D eigenvalue weighted by atomic mass is 31.1. The van der Waals surface area contributed by atoms with Crippen LogP contribution in [0.4, 0.5) is 0 Å². The van der Waals surface area contributed by atoms with E-state index < -0.39 is 8.25 Å². The molecule has 1 atom stereocenters. The lowest BCUT2D eigenvalue weighted by Crippen LogP contribution is -2.37. The second kappa shape index (κ2) is 11.0. The van der Waals surface area contributed by atoms with Crippen LogP contribution in [0, 0.1) is 0 Å². The standard InChI is InChI=1S/C13H27NO5P/c1-5-8-13(15)17-10-6-7-11-18-20(16)19-12-9-14(2,3)4/h5,8,20H,6-7,9-12H2,1-4H3/q+1. The molecule has 7 heteroatoms. The fourth-order valence-corrected chi connectivity index (χ4v) is 1.81. The molecule has 0 aliphatic heterocycles. The number of allylic oxidation sites excluding steroid dienone is 1. The Morgan fingerprint density at radius 2 is 1.70 bits per heavy atom. The first-order valence-electron chi connectivity index (χ1n) is 6.74. The van der Waals surface area contributed by atoms with Gasteiger partial charge in [0.05, 0.1) is 34.4 Å². The van der Waals surface area contributed by atoms with Crippen LogP contribution in [0.1, 0.15) is 19.8 Å². The lowest BCUT2D eigenvalue weighted by atomic mass is 10.3. The van der Waals surface area contributed by atoms with E-state index in [1.807, 2.05) is 21.1 Å². The van der Waals surface area contributed by atoms with Crippen molar-refractivity contribution < 1.29 is 27.6 Å². The second-order valence-corrected chi connectivity index (χ2v) is 6.41. The molecule has 0 rings (SSSR count). The summed E-state index contributed by atoms with van der Waals surface area (Å²) in [7, 11) is 3.71. The van der Waals surface area contributed by atoms with Crippen LogP contribution in [-0.4, -0.2) is 58.0 Å². The van der Waals surface area contributed by atoms with Gasteiger partial charge in [0, 0.05) is 6.08 Å². The summed E-state index contributed by atoms with van der Waals surface area (Å²) in [6, 6.07) is 0. The summed E-state index contributed by atoms with van der Waals surface area (Å²) in [6.45, 7) is 3.65. The zero-order valence-corrected chi connectivity index (χ0v) is 13.9. The minimum absolute atomic E-state index is 0.342. The molecule has 1 unspecified atom stereocenters. The molecule has 0 aliphatic rings. The molecular weight excluding hydrogens is 281 g/mol. The van der Waals surface area contributed by atoms with Gasteiger partial charge in [0.15, 0.2) is 0 Å². The molecule has 0 aromatic heterocycles. The van der Waals surface area contributed by atoms with Gasteiger partial charge in [-0.2, -0.15) is 0 Å². The number of quaternary nitrogens is 1. The number of rotatable bonds is 11. The fourth-order valence-electron chi connectivity index (χ4n) is 1.16. The van der Waals surface area contributed by atoms with Crippen molar-refractivity contribution >= 4 is 14.2 Å². The van der Waals surface area contributed by atoms with Crippen molar-refractivity contribution in [3.8, 4) is 0 Å². The van der Waals surface area contributed by atoms with E-state index in [0.717, 1.165) is 11.0 Å². The number of hydrogen-bond acceptors (Lipinski definition) is 5. The Balaban J connectivity index is 3.42. The third-order valence-corrected chi connectivity index (χ3v) is 3.17. The van der Waals surface area contributed by atoms with Gasteiger partial charge in [-0.3, -0.25) is 4.57 Å². The highest BCUT2D eigenvalue weighted by molar-refractivity contribution is 7.33. The Labute approximate surface area is 122 Å². The molecule has 0 spiro atoms. The van der Waals surface area contributed by atoms with Crippen LogP contribution in [0.3, 0.4) is 0 Å². The Morgan fingerprint density at radius 3 is 2.30 bits per heavy atom. The number of unbranched alkanes of at least 4 members (excludes halogenated alkanes) is 1. The molecule has 0 heterocycles. The van der Waals surface area contributed by atoms with Gasteiger partial charge in [0.25, 0.3) is 0 Å². The topological polar surface area (TPSA) is 61.8 Å². The first-order chi connectivity index (χ1) is 9.35. The Morgan fingerprint density at radius 1 is 1.10 bits per heavy atom. The van der Waals surface area contributed by atoms with E-state index in [-0.39, 0.29) is 5.97 Å². The zero-order chi connectivity index (χ0) is 15.4. The molecule has 118 valence electrons. The summed E-state index contributed by atoms with van der Waals surface area (Å²) in [5.41, 5.74) is 0. The highest BCUT2D eigenvalue weighted by Crippen LogP contribution is 2.23. The predicted octanol–water partition coefficient (Wildman–Crippen LogP) is 2.01. The maximum atomic E-state index is 11.4. The molecule has 0 aliphatic carbocycles. The Bertz CT molecular complexity index is 325. The van der Waals surface area contributed by atoms with E-state index in [4.69, 9.17) is 13.8 Å². The van der Waals surface area contributed by atoms with Crippen LogP contribution in [0.25, 0.3) is 0 Å². The van der Waals surface area contributed by atoms with Gasteiger partial charge in [-0.15, -0.1) is 0 Å². The van der Waals surface area contributed by atoms with Crippen molar-refractivity contribution in [2.24, 2.45) is 0 Å². The molecule has 0 fully saturated rings. The van der Waals surface area contributed by atoms with E-state index in [0.29, 0.717) is 32.7 Å². The normalized spacial score (nSPS) is 13.6. The molecule has 0 saturated carbocycles. The monoisotopic (exact) mass is 308 g/mol. The van der Waals surface area contributed by atoms with Crippen LogP contribution in [0.5, 0.6) is 0 Å². The second-order valence-electron chi connectivity index (χ2n) is 5.34. The average Bonchev–Trinajstić information content (AvgIpc) is 2.32. The van der Waals surface area contributed by atoms with Crippen LogP contribution in [0.2, 0.25) is 0 Å². The van der Waals surface area contributed by atoms with Crippen molar-refractivity contribution in [1.29, 1.82) is 0 Å². The molecule has 0 aromatic carbocycles. The Kier molecular flexibility index (Phi) is 10.7. The SMILES string of the molecule is CC=CC(=O)OCCCCO[PH](=O)OCC[N+](C)(C)C. The van der Waals surface area contributed by atoms with Crippen molar-refractivity contribution in [3.05, 3.63) is 12.2 Å². The van der Waals surface area contributed by atoms with Gasteiger partial charge in [0.2, 0.25) is 0 Å². The summed E-state index contributed by atoms with van der Waals surface area (Å²) in [5, 5.41) is 0. The summed E-state index contributed by atoms with van der Waals surface area (Å²) in [6.07, 6.45) is 4.36. The average molecular weight is 308 g/mol. The van der Waals surface area contributed by atoms with Crippen molar-refractivity contribution in [3.63, 3.8) is 0 Å². The van der Waals surface area contributed by atoms with Gasteiger partial charge in [-0.05, 0) is 19.8 Å². The molecule has 0 radical (unpaired) electrons. The molecule has 0 bridgehead atoms. The van der Waals surface area contributed by atoms with Crippen molar-refractivity contribution in [1.82, 2.24) is 0 Å². The van der Waals surface area contributed by atoms with E-state index >= 15 is 0 Å². The van der Waals surface area contributed by atoms with E-state index in [2.05, 4.69) is 0 Å². The summed E-state index contributed by atoms with van der Waals surface area (Å²) < 4.78 is 27.2. The third kappa shape index (κ3) is 13.7. The summed E-state index contributed by atoms with van der Waals surface area (Å²) in [5.74, 6) is -0.342. The lowest BCUT2D eigenvalue weighted by Gasteiger charge is -2.23. The molecule has 20 heavy (non-hydrogen) atoms. The van der Waals surface area contributed by atoms with E-state index in [1.54, 1.807) is 13.0 Å². The first-order valence-corrected chi connectivity index (χ1v) is 7.97. The van der Waals surface area contributed by atoms with Gasteiger partial charge in [0.1, 0.15) is 13.2 Å². The number of hydrogen-bond donors (Lipinski definition) is 0. The lowest BCUT2D eigenvalue weighted by molar-refractivity contribution is -0.870. The van der Waals surface area contributed by atoms with Crippen LogP contribution >= 0.6 is 8.25 Å². The van der Waals surface area contributed by atoms with Crippen molar-refractivity contribution in [2.45, 2.75) is 19.8 Å². The van der Waals surface area contributed by atoms with Gasteiger partial charge >= 0.3 is 14.2 Å². The number of esters is 1. The summed E-state index contributed by atoms with van der Waals surface area (Å²) >= 11 is 0. The Hall–Kier alpha value is -0.680. The zero-order valence-electron chi connectivity index (χ0n) is 12.9. The van der Waals surface area contributed by atoms with Crippen LogP contribution in [0.15, 0.2) is 12.2 Å². The minimum Gasteiger partial charge on any atom is -0.463 e. The van der Waals surface area contributed by atoms with Crippen LogP contribution in [-0.2, 0) is 23.1 Å². The molecule has 0 N–H and O–H groups in total. The minimum atomic E-state index is -2.40. The largest absolute Gasteiger partial charge is 0.463 e. The number of carbonyl (C=O) groups is 1. The van der Waals surface area contributed by atoms with E-state index in [9.17, 15) is 9.36 Å².